The lowest BCUT2D eigenvalue weighted by molar-refractivity contribution is -0.000450. The van der Waals surface area contributed by atoms with Gasteiger partial charge in [-0.2, -0.15) is 0 Å². The highest BCUT2D eigenvalue weighted by atomic mass is 16.5. The maximum absolute atomic E-state index is 5.86. The topological polar surface area (TPSA) is 30.5 Å². The van der Waals surface area contributed by atoms with Crippen molar-refractivity contribution in [3.05, 3.63) is 34.9 Å². The summed E-state index contributed by atoms with van der Waals surface area (Å²) in [5.41, 5.74) is 3.92. The molecule has 19 heavy (non-hydrogen) atoms. The zero-order valence-corrected chi connectivity index (χ0v) is 12.8. The van der Waals surface area contributed by atoms with Crippen LogP contribution in [0.1, 0.15) is 36.6 Å². The van der Waals surface area contributed by atoms with Gasteiger partial charge in [0.1, 0.15) is 0 Å². The first-order chi connectivity index (χ1) is 9.08. The Morgan fingerprint density at radius 3 is 2.58 bits per heavy atom. The van der Waals surface area contributed by atoms with E-state index in [0.29, 0.717) is 13.2 Å². The van der Waals surface area contributed by atoms with E-state index in [2.05, 4.69) is 44.3 Å². The van der Waals surface area contributed by atoms with E-state index in [-0.39, 0.29) is 12.1 Å². The first-order valence-electron chi connectivity index (χ1n) is 6.99. The molecule has 1 aromatic carbocycles. The summed E-state index contributed by atoms with van der Waals surface area (Å²) >= 11 is 0. The molecule has 1 rings (SSSR count). The number of ether oxygens (including phenoxy) is 2. The van der Waals surface area contributed by atoms with Gasteiger partial charge in [-0.25, -0.2) is 0 Å². The lowest BCUT2D eigenvalue weighted by Gasteiger charge is -2.23. The van der Waals surface area contributed by atoms with Gasteiger partial charge in [-0.15, -0.1) is 0 Å². The Morgan fingerprint density at radius 1 is 1.21 bits per heavy atom. The van der Waals surface area contributed by atoms with Gasteiger partial charge in [0, 0.05) is 7.11 Å². The molecule has 108 valence electrons. The molecule has 0 amide bonds. The second kappa shape index (κ2) is 8.31. The zero-order chi connectivity index (χ0) is 14.3. The predicted octanol–water partition coefficient (Wildman–Crippen LogP) is 3.01. The van der Waals surface area contributed by atoms with E-state index in [0.717, 1.165) is 6.54 Å². The fraction of sp³-hybridized carbons (Fsp3) is 0.625. The van der Waals surface area contributed by atoms with E-state index < -0.39 is 0 Å². The van der Waals surface area contributed by atoms with Crippen molar-refractivity contribution in [3.63, 3.8) is 0 Å². The van der Waals surface area contributed by atoms with Crippen LogP contribution in [0.2, 0.25) is 0 Å². The Morgan fingerprint density at radius 2 is 1.95 bits per heavy atom. The summed E-state index contributed by atoms with van der Waals surface area (Å²) in [6.07, 6.45) is 0.122. The fourth-order valence-electron chi connectivity index (χ4n) is 2.18. The summed E-state index contributed by atoms with van der Waals surface area (Å²) in [6, 6.07) is 6.81. The number of benzene rings is 1. The minimum absolute atomic E-state index is 0.122. The third-order valence-electron chi connectivity index (χ3n) is 3.21. The number of rotatable bonds is 8. The minimum Gasteiger partial charge on any atom is -0.382 e. The van der Waals surface area contributed by atoms with E-state index in [1.165, 1.54) is 16.7 Å². The van der Waals surface area contributed by atoms with Gasteiger partial charge in [-0.1, -0.05) is 30.7 Å². The molecule has 0 aliphatic heterocycles. The predicted molar refractivity (Wildman–Crippen MR) is 79.6 cm³/mol. The number of hydrogen-bond donors (Lipinski definition) is 1. The van der Waals surface area contributed by atoms with Gasteiger partial charge in [-0.05, 0) is 38.4 Å². The number of hydrogen-bond acceptors (Lipinski definition) is 3. The normalized spacial score (nSPS) is 14.4. The monoisotopic (exact) mass is 265 g/mol. The quantitative estimate of drug-likeness (QED) is 0.784. The second-order valence-electron chi connectivity index (χ2n) is 5.07. The molecule has 0 saturated carbocycles. The van der Waals surface area contributed by atoms with E-state index in [1.54, 1.807) is 7.11 Å². The molecule has 0 bridgehead atoms. The molecule has 0 saturated heterocycles. The van der Waals surface area contributed by atoms with Gasteiger partial charge in [-0.3, -0.25) is 0 Å². The summed E-state index contributed by atoms with van der Waals surface area (Å²) in [7, 11) is 1.70. The van der Waals surface area contributed by atoms with Crippen LogP contribution in [0.3, 0.4) is 0 Å². The average molecular weight is 265 g/mol. The fourth-order valence-corrected chi connectivity index (χ4v) is 2.18. The van der Waals surface area contributed by atoms with Crippen molar-refractivity contribution in [1.82, 2.24) is 5.32 Å². The maximum Gasteiger partial charge on any atom is 0.0781 e. The lowest BCUT2D eigenvalue weighted by atomic mass is 9.99. The van der Waals surface area contributed by atoms with Crippen LogP contribution >= 0.6 is 0 Å². The van der Waals surface area contributed by atoms with Crippen LogP contribution in [0.25, 0.3) is 0 Å². The highest BCUT2D eigenvalue weighted by Crippen LogP contribution is 2.20. The highest BCUT2D eigenvalue weighted by Gasteiger charge is 2.14. The van der Waals surface area contributed by atoms with Crippen molar-refractivity contribution in [2.45, 2.75) is 39.8 Å². The Balaban J connectivity index is 2.73. The van der Waals surface area contributed by atoms with Crippen LogP contribution in [-0.4, -0.2) is 33.0 Å². The lowest BCUT2D eigenvalue weighted by Crippen LogP contribution is -2.29. The number of methoxy groups -OCH3 is 1. The molecule has 0 heterocycles. The largest absolute Gasteiger partial charge is 0.382 e. The van der Waals surface area contributed by atoms with Gasteiger partial charge < -0.3 is 14.8 Å². The average Bonchev–Trinajstić information content (AvgIpc) is 2.38. The minimum atomic E-state index is 0.122. The van der Waals surface area contributed by atoms with E-state index in [1.807, 2.05) is 6.92 Å². The summed E-state index contributed by atoms with van der Waals surface area (Å²) in [6.45, 7) is 10.7. The highest BCUT2D eigenvalue weighted by molar-refractivity contribution is 5.33. The maximum atomic E-state index is 5.86. The summed E-state index contributed by atoms with van der Waals surface area (Å²) < 4.78 is 11.0. The molecule has 0 radical (unpaired) electrons. The van der Waals surface area contributed by atoms with Crippen LogP contribution in [0.4, 0.5) is 0 Å². The van der Waals surface area contributed by atoms with Gasteiger partial charge in [0.2, 0.25) is 0 Å². The van der Waals surface area contributed by atoms with Crippen LogP contribution in [0, 0.1) is 13.8 Å². The summed E-state index contributed by atoms with van der Waals surface area (Å²) in [5.74, 6) is 0. The van der Waals surface area contributed by atoms with Crippen LogP contribution in [0.5, 0.6) is 0 Å². The summed E-state index contributed by atoms with van der Waals surface area (Å²) in [4.78, 5) is 0. The Kier molecular flexibility index (Phi) is 7.06. The molecule has 3 nitrogen and oxygen atoms in total. The van der Waals surface area contributed by atoms with Gasteiger partial charge >= 0.3 is 0 Å². The third-order valence-corrected chi connectivity index (χ3v) is 3.21. The molecule has 0 aliphatic carbocycles. The van der Waals surface area contributed by atoms with Crippen LogP contribution < -0.4 is 5.32 Å². The molecule has 0 aliphatic rings. The molecular weight excluding hydrogens is 238 g/mol. The van der Waals surface area contributed by atoms with Crippen molar-refractivity contribution >= 4 is 0 Å². The second-order valence-corrected chi connectivity index (χ2v) is 5.07. The van der Waals surface area contributed by atoms with E-state index in [4.69, 9.17) is 9.47 Å². The van der Waals surface area contributed by atoms with Crippen molar-refractivity contribution < 1.29 is 9.47 Å². The number of likely N-dealkylation sites (N-methyl/N-ethyl adjacent to an activating group) is 1. The van der Waals surface area contributed by atoms with Gasteiger partial charge in [0.05, 0.1) is 25.4 Å². The Hall–Kier alpha value is -0.900. The molecule has 1 aromatic rings. The van der Waals surface area contributed by atoms with Crippen molar-refractivity contribution in [3.8, 4) is 0 Å². The molecule has 1 N–H and O–H groups in total. The molecular formula is C16H27NO2. The van der Waals surface area contributed by atoms with E-state index in [9.17, 15) is 0 Å². The van der Waals surface area contributed by atoms with Crippen molar-refractivity contribution in [1.29, 1.82) is 0 Å². The summed E-state index contributed by atoms with van der Waals surface area (Å²) in [5, 5.41) is 3.50. The number of nitrogens with one attached hydrogen (secondary N) is 1. The Labute approximate surface area is 117 Å². The molecule has 2 atom stereocenters. The van der Waals surface area contributed by atoms with Crippen LogP contribution in [-0.2, 0) is 9.47 Å². The number of aryl methyl sites for hydroxylation is 2. The molecule has 3 heteroatoms. The van der Waals surface area contributed by atoms with Crippen molar-refractivity contribution in [2.24, 2.45) is 0 Å². The standard InChI is InChI=1S/C16H27NO2/c1-6-17-16(11-19-14(4)10-18-5)15-9-12(2)7-8-13(15)3/h7-9,14,16-17H,6,10-11H2,1-5H3. The molecule has 2 unspecified atom stereocenters. The third kappa shape index (κ3) is 5.31. The zero-order valence-electron chi connectivity index (χ0n) is 12.8. The molecule has 0 aromatic heterocycles. The smallest absolute Gasteiger partial charge is 0.0781 e. The van der Waals surface area contributed by atoms with Gasteiger partial charge in [0.25, 0.3) is 0 Å². The molecule has 0 fully saturated rings. The van der Waals surface area contributed by atoms with Gasteiger partial charge in [0.15, 0.2) is 0 Å². The Bertz CT molecular complexity index is 379. The first kappa shape index (κ1) is 16.2. The van der Waals surface area contributed by atoms with Crippen LogP contribution in [0.15, 0.2) is 18.2 Å². The van der Waals surface area contributed by atoms with E-state index >= 15 is 0 Å². The first-order valence-corrected chi connectivity index (χ1v) is 6.99. The SMILES string of the molecule is CCNC(COC(C)COC)c1cc(C)ccc1C. The molecule has 0 spiro atoms. The van der Waals surface area contributed by atoms with Crippen molar-refractivity contribution in [2.75, 3.05) is 26.9 Å².